The van der Waals surface area contributed by atoms with Crippen molar-refractivity contribution in [2.45, 2.75) is 0 Å². The van der Waals surface area contributed by atoms with Gasteiger partial charge in [-0.05, 0) is 35.0 Å². The summed E-state index contributed by atoms with van der Waals surface area (Å²) in [6, 6.07) is 20.3. The minimum atomic E-state index is 0.653. The molecule has 2 aromatic carbocycles. The van der Waals surface area contributed by atoms with Crippen molar-refractivity contribution in [2.24, 2.45) is 0 Å². The van der Waals surface area contributed by atoms with Crippen molar-refractivity contribution < 1.29 is 0 Å². The van der Waals surface area contributed by atoms with E-state index in [1.807, 2.05) is 41.1 Å². The van der Waals surface area contributed by atoms with Crippen molar-refractivity contribution in [1.82, 2.24) is 4.57 Å². The minimum Gasteiger partial charge on any atom is -0.308 e. The summed E-state index contributed by atoms with van der Waals surface area (Å²) in [5, 5.41) is 11.4. The summed E-state index contributed by atoms with van der Waals surface area (Å²) in [4.78, 5) is 0. The molecule has 0 fully saturated rings. The first-order valence-electron chi connectivity index (χ1n) is 5.45. The smallest absolute Gasteiger partial charge is 0.124 e. The van der Waals surface area contributed by atoms with Crippen LogP contribution in [-0.2, 0) is 0 Å². The van der Waals surface area contributed by atoms with Crippen LogP contribution in [-0.4, -0.2) is 4.57 Å². The molecule has 1 heterocycles. The van der Waals surface area contributed by atoms with E-state index in [0.29, 0.717) is 5.69 Å². The molecule has 80 valence electrons. The van der Waals surface area contributed by atoms with E-state index < -0.39 is 0 Å². The van der Waals surface area contributed by atoms with Crippen LogP contribution < -0.4 is 0 Å². The molecule has 0 spiro atoms. The van der Waals surface area contributed by atoms with E-state index in [1.165, 1.54) is 10.8 Å². The van der Waals surface area contributed by atoms with Crippen LogP contribution in [0.2, 0.25) is 0 Å². The number of aromatic nitrogens is 1. The number of hydrogen-bond acceptors (Lipinski definition) is 1. The molecule has 17 heavy (non-hydrogen) atoms. The zero-order chi connectivity index (χ0) is 11.7. The van der Waals surface area contributed by atoms with Gasteiger partial charge in [-0.2, -0.15) is 5.26 Å². The molecule has 0 aliphatic heterocycles. The van der Waals surface area contributed by atoms with Crippen molar-refractivity contribution in [3.05, 3.63) is 66.5 Å². The zero-order valence-corrected chi connectivity index (χ0v) is 9.17. The number of fused-ring (bicyclic) bond motifs is 1. The molecule has 3 aromatic rings. The van der Waals surface area contributed by atoms with Gasteiger partial charge in [-0.25, -0.2) is 0 Å². The molecule has 0 saturated heterocycles. The highest BCUT2D eigenvalue weighted by Crippen LogP contribution is 2.19. The second-order valence-electron chi connectivity index (χ2n) is 3.91. The Morgan fingerprint density at radius 3 is 2.53 bits per heavy atom. The lowest BCUT2D eigenvalue weighted by Gasteiger charge is -2.06. The van der Waals surface area contributed by atoms with Gasteiger partial charge in [-0.3, -0.25) is 0 Å². The van der Waals surface area contributed by atoms with Gasteiger partial charge in [0.15, 0.2) is 0 Å². The van der Waals surface area contributed by atoms with Gasteiger partial charge in [-0.1, -0.05) is 30.3 Å². The number of nitriles is 1. The Hall–Kier alpha value is -2.53. The van der Waals surface area contributed by atoms with Crippen LogP contribution in [0.25, 0.3) is 16.5 Å². The highest BCUT2D eigenvalue weighted by Gasteiger charge is 2.02. The van der Waals surface area contributed by atoms with Crippen molar-refractivity contribution in [3.8, 4) is 11.8 Å². The lowest BCUT2D eigenvalue weighted by Crippen LogP contribution is -1.94. The summed E-state index contributed by atoms with van der Waals surface area (Å²) in [5.74, 6) is 0. The number of nitrogens with zero attached hydrogens (tertiary/aromatic N) is 2. The maximum Gasteiger partial charge on any atom is 0.124 e. The normalized spacial score (nSPS) is 10.3. The van der Waals surface area contributed by atoms with Gasteiger partial charge < -0.3 is 4.57 Å². The lowest BCUT2D eigenvalue weighted by molar-refractivity contribution is 1.06. The van der Waals surface area contributed by atoms with Gasteiger partial charge in [0, 0.05) is 11.9 Å². The number of hydrogen-bond donors (Lipinski definition) is 0. The first-order chi connectivity index (χ1) is 8.38. The molecule has 3 rings (SSSR count). The molecule has 1 aromatic heterocycles. The van der Waals surface area contributed by atoms with E-state index in [1.54, 1.807) is 0 Å². The van der Waals surface area contributed by atoms with Crippen LogP contribution in [0.3, 0.4) is 0 Å². The van der Waals surface area contributed by atoms with Crippen molar-refractivity contribution in [2.75, 3.05) is 0 Å². The summed E-state index contributed by atoms with van der Waals surface area (Å²) in [7, 11) is 0. The second kappa shape index (κ2) is 3.80. The van der Waals surface area contributed by atoms with E-state index in [0.717, 1.165) is 5.69 Å². The predicted molar refractivity (Wildman–Crippen MR) is 68.0 cm³/mol. The second-order valence-corrected chi connectivity index (χ2v) is 3.91. The summed E-state index contributed by atoms with van der Waals surface area (Å²) >= 11 is 0. The van der Waals surface area contributed by atoms with E-state index >= 15 is 0 Å². The Kier molecular flexibility index (Phi) is 2.16. The third-order valence-electron chi connectivity index (χ3n) is 2.87. The quantitative estimate of drug-likeness (QED) is 0.614. The van der Waals surface area contributed by atoms with Crippen LogP contribution in [0.4, 0.5) is 0 Å². The number of rotatable bonds is 1. The maximum atomic E-state index is 9.01. The molecular formula is C15H10N2. The molecule has 2 heteroatoms. The van der Waals surface area contributed by atoms with Gasteiger partial charge in [-0.15, -0.1) is 0 Å². The van der Waals surface area contributed by atoms with E-state index in [-0.39, 0.29) is 0 Å². The Bertz CT molecular complexity index is 717. The van der Waals surface area contributed by atoms with Crippen molar-refractivity contribution in [1.29, 1.82) is 5.26 Å². The zero-order valence-electron chi connectivity index (χ0n) is 9.17. The Morgan fingerprint density at radius 2 is 1.71 bits per heavy atom. The lowest BCUT2D eigenvalue weighted by atomic mass is 10.1. The molecule has 0 aliphatic rings. The SMILES string of the molecule is N#Cc1cccn1-c1ccc2ccccc2c1. The third-order valence-corrected chi connectivity index (χ3v) is 2.87. The first kappa shape index (κ1) is 9.68. The highest BCUT2D eigenvalue weighted by molar-refractivity contribution is 5.84. The summed E-state index contributed by atoms with van der Waals surface area (Å²) < 4.78 is 1.90. The molecule has 0 bridgehead atoms. The largest absolute Gasteiger partial charge is 0.308 e. The Labute approximate surface area is 99.3 Å². The molecule has 0 atom stereocenters. The maximum absolute atomic E-state index is 9.01. The monoisotopic (exact) mass is 218 g/mol. The van der Waals surface area contributed by atoms with Gasteiger partial charge in [0.25, 0.3) is 0 Å². The summed E-state index contributed by atoms with van der Waals surface area (Å²) in [6.45, 7) is 0. The molecular weight excluding hydrogens is 208 g/mol. The van der Waals surface area contributed by atoms with E-state index in [9.17, 15) is 0 Å². The molecule has 0 saturated carbocycles. The Morgan fingerprint density at radius 1 is 0.882 bits per heavy atom. The van der Waals surface area contributed by atoms with Crippen LogP contribution in [0.5, 0.6) is 0 Å². The molecule has 0 aliphatic carbocycles. The van der Waals surface area contributed by atoms with Crippen LogP contribution >= 0.6 is 0 Å². The topological polar surface area (TPSA) is 28.7 Å². The fourth-order valence-corrected chi connectivity index (χ4v) is 2.02. The average Bonchev–Trinajstić information content (AvgIpc) is 2.86. The fourth-order valence-electron chi connectivity index (χ4n) is 2.02. The first-order valence-corrected chi connectivity index (χ1v) is 5.45. The summed E-state index contributed by atoms with van der Waals surface area (Å²) in [6.07, 6.45) is 1.91. The van der Waals surface area contributed by atoms with Crippen molar-refractivity contribution in [3.63, 3.8) is 0 Å². The number of benzene rings is 2. The average molecular weight is 218 g/mol. The van der Waals surface area contributed by atoms with Gasteiger partial charge in [0.1, 0.15) is 11.8 Å². The molecule has 0 amide bonds. The van der Waals surface area contributed by atoms with Crippen LogP contribution in [0.1, 0.15) is 5.69 Å². The predicted octanol–water partition coefficient (Wildman–Crippen LogP) is 3.50. The van der Waals surface area contributed by atoms with E-state index in [2.05, 4.69) is 30.3 Å². The fraction of sp³-hybridized carbons (Fsp3) is 0. The minimum absolute atomic E-state index is 0.653. The van der Waals surface area contributed by atoms with Crippen LogP contribution in [0.15, 0.2) is 60.8 Å². The summed E-state index contributed by atoms with van der Waals surface area (Å²) in [5.41, 5.74) is 1.67. The third kappa shape index (κ3) is 1.58. The standard InChI is InChI=1S/C15H10N2/c16-11-15-6-3-9-17(15)14-8-7-12-4-1-2-5-13(12)10-14/h1-10H. The molecule has 0 N–H and O–H groups in total. The highest BCUT2D eigenvalue weighted by atomic mass is 15.0. The Balaban J connectivity index is 2.22. The van der Waals surface area contributed by atoms with Crippen molar-refractivity contribution >= 4 is 10.8 Å². The molecule has 2 nitrogen and oxygen atoms in total. The van der Waals surface area contributed by atoms with Crippen LogP contribution in [0, 0.1) is 11.3 Å². The molecule has 0 radical (unpaired) electrons. The van der Waals surface area contributed by atoms with Gasteiger partial charge >= 0.3 is 0 Å². The van der Waals surface area contributed by atoms with Gasteiger partial charge in [0.2, 0.25) is 0 Å². The molecule has 0 unspecified atom stereocenters. The van der Waals surface area contributed by atoms with Gasteiger partial charge in [0.05, 0.1) is 0 Å². The van der Waals surface area contributed by atoms with E-state index in [4.69, 9.17) is 5.26 Å².